The number of halogens is 2. The van der Waals surface area contributed by atoms with E-state index in [1.165, 1.54) is 12.1 Å². The third kappa shape index (κ3) is 4.36. The van der Waals surface area contributed by atoms with E-state index in [1.807, 2.05) is 0 Å². The second-order valence-corrected chi connectivity index (χ2v) is 5.71. The van der Waals surface area contributed by atoms with E-state index in [-0.39, 0.29) is 11.4 Å². The first-order valence-electron chi connectivity index (χ1n) is 6.89. The molecule has 1 aromatic rings. The minimum atomic E-state index is -0.294. The monoisotopic (exact) mass is 286 g/mol. The van der Waals surface area contributed by atoms with Gasteiger partial charge in [-0.3, -0.25) is 0 Å². The molecule has 0 amide bonds. The largest absolute Gasteiger partial charge is 0.377 e. The fraction of sp³-hybridized carbons (Fsp3) is 0.600. The first-order valence-corrected chi connectivity index (χ1v) is 7.27. The van der Waals surface area contributed by atoms with Crippen LogP contribution in [0.5, 0.6) is 0 Å². The van der Waals surface area contributed by atoms with Gasteiger partial charge in [-0.25, -0.2) is 4.39 Å². The minimum Gasteiger partial charge on any atom is -0.377 e. The summed E-state index contributed by atoms with van der Waals surface area (Å²) in [6.07, 6.45) is 2.92. The second-order valence-electron chi connectivity index (χ2n) is 5.30. The lowest BCUT2D eigenvalue weighted by Crippen LogP contribution is -2.46. The molecule has 0 aliphatic heterocycles. The van der Waals surface area contributed by atoms with E-state index in [0.29, 0.717) is 23.2 Å². The maximum Gasteiger partial charge on any atom is 0.125 e. The van der Waals surface area contributed by atoms with Crippen molar-refractivity contribution in [1.29, 1.82) is 0 Å². The summed E-state index contributed by atoms with van der Waals surface area (Å²) in [5, 5.41) is 3.89. The third-order valence-corrected chi connectivity index (χ3v) is 4.16. The third-order valence-electron chi connectivity index (χ3n) is 3.83. The summed E-state index contributed by atoms with van der Waals surface area (Å²) in [5.74, 6) is 0.265. The Labute approximate surface area is 120 Å². The Morgan fingerprint density at radius 1 is 1.42 bits per heavy atom. The normalized spacial score (nSPS) is 15.9. The highest BCUT2D eigenvalue weighted by Gasteiger charge is 2.28. The Morgan fingerprint density at radius 3 is 2.63 bits per heavy atom. The molecular weight excluding hydrogens is 263 g/mol. The molecule has 0 saturated carbocycles. The van der Waals surface area contributed by atoms with Gasteiger partial charge in [-0.1, -0.05) is 38.8 Å². The Hall–Kier alpha value is -0.800. The van der Waals surface area contributed by atoms with Crippen LogP contribution >= 0.6 is 11.6 Å². The van der Waals surface area contributed by atoms with Gasteiger partial charge in [0, 0.05) is 12.1 Å². The van der Waals surface area contributed by atoms with Crippen molar-refractivity contribution in [1.82, 2.24) is 0 Å². The number of hydrogen-bond acceptors (Lipinski definition) is 2. The lowest BCUT2D eigenvalue weighted by Gasteiger charge is -2.36. The predicted molar refractivity (Wildman–Crippen MR) is 81.2 cm³/mol. The lowest BCUT2D eigenvalue weighted by atomic mass is 9.84. The average molecular weight is 287 g/mol. The van der Waals surface area contributed by atoms with Crippen LogP contribution in [-0.4, -0.2) is 12.1 Å². The summed E-state index contributed by atoms with van der Waals surface area (Å²) in [6.45, 7) is 6.96. The van der Waals surface area contributed by atoms with E-state index in [2.05, 4.69) is 26.1 Å². The summed E-state index contributed by atoms with van der Waals surface area (Å²) in [6, 6.07) is 4.36. The zero-order valence-electron chi connectivity index (χ0n) is 12.0. The molecule has 3 N–H and O–H groups in total. The van der Waals surface area contributed by atoms with Crippen LogP contribution < -0.4 is 11.1 Å². The van der Waals surface area contributed by atoms with Gasteiger partial charge in [0.05, 0.1) is 10.7 Å². The fourth-order valence-corrected chi connectivity index (χ4v) is 2.42. The summed E-state index contributed by atoms with van der Waals surface area (Å²) in [7, 11) is 0. The van der Waals surface area contributed by atoms with Crippen LogP contribution in [-0.2, 0) is 0 Å². The van der Waals surface area contributed by atoms with Crippen molar-refractivity contribution in [2.24, 2.45) is 11.7 Å². The van der Waals surface area contributed by atoms with Crippen molar-refractivity contribution in [3.05, 3.63) is 29.0 Å². The van der Waals surface area contributed by atoms with E-state index in [0.717, 1.165) is 19.3 Å². The molecule has 2 atom stereocenters. The summed E-state index contributed by atoms with van der Waals surface area (Å²) >= 11 is 6.12. The predicted octanol–water partition coefficient (Wildman–Crippen LogP) is 4.43. The average Bonchev–Trinajstić information content (AvgIpc) is 2.41. The van der Waals surface area contributed by atoms with Gasteiger partial charge in [0.2, 0.25) is 0 Å². The SMILES string of the molecule is CCC(C)CC(CC)(CN)Nc1cc(F)ccc1Cl. The van der Waals surface area contributed by atoms with Gasteiger partial charge in [0.1, 0.15) is 5.82 Å². The topological polar surface area (TPSA) is 38.0 Å². The summed E-state index contributed by atoms with van der Waals surface area (Å²) in [5.41, 5.74) is 6.35. The molecule has 0 saturated heterocycles. The van der Waals surface area contributed by atoms with Crippen LogP contribution in [0.4, 0.5) is 10.1 Å². The molecule has 1 aromatic carbocycles. The Balaban J connectivity index is 2.97. The zero-order chi connectivity index (χ0) is 14.5. The summed E-state index contributed by atoms with van der Waals surface area (Å²) < 4.78 is 13.3. The molecule has 0 bridgehead atoms. The van der Waals surface area contributed by atoms with Crippen LogP contribution in [0.1, 0.15) is 40.0 Å². The van der Waals surface area contributed by atoms with Crippen molar-refractivity contribution in [3.63, 3.8) is 0 Å². The summed E-state index contributed by atoms with van der Waals surface area (Å²) in [4.78, 5) is 0. The molecule has 0 aromatic heterocycles. The number of hydrogen-bond donors (Lipinski definition) is 2. The quantitative estimate of drug-likeness (QED) is 0.778. The Kier molecular flexibility index (Phi) is 6.08. The van der Waals surface area contributed by atoms with Crippen LogP contribution in [0.15, 0.2) is 18.2 Å². The van der Waals surface area contributed by atoms with Crippen molar-refractivity contribution in [2.75, 3.05) is 11.9 Å². The fourth-order valence-electron chi connectivity index (χ4n) is 2.25. The lowest BCUT2D eigenvalue weighted by molar-refractivity contribution is 0.346. The molecule has 108 valence electrons. The van der Waals surface area contributed by atoms with Crippen molar-refractivity contribution < 1.29 is 4.39 Å². The van der Waals surface area contributed by atoms with Crippen LogP contribution in [0.3, 0.4) is 0 Å². The number of nitrogens with one attached hydrogen (secondary N) is 1. The van der Waals surface area contributed by atoms with Crippen molar-refractivity contribution >= 4 is 17.3 Å². The molecule has 2 unspecified atom stereocenters. The molecule has 0 fully saturated rings. The van der Waals surface area contributed by atoms with Crippen LogP contribution in [0, 0.1) is 11.7 Å². The molecule has 1 rings (SSSR count). The van der Waals surface area contributed by atoms with E-state index in [4.69, 9.17) is 17.3 Å². The second kappa shape index (κ2) is 7.11. The number of benzene rings is 1. The molecule has 0 spiro atoms. The number of anilines is 1. The molecular formula is C15H24ClFN2. The van der Waals surface area contributed by atoms with E-state index in [9.17, 15) is 4.39 Å². The van der Waals surface area contributed by atoms with E-state index in [1.54, 1.807) is 6.07 Å². The molecule has 19 heavy (non-hydrogen) atoms. The first kappa shape index (κ1) is 16.3. The maximum absolute atomic E-state index is 13.3. The first-order chi connectivity index (χ1) is 8.96. The highest BCUT2D eigenvalue weighted by atomic mass is 35.5. The van der Waals surface area contributed by atoms with Gasteiger partial charge in [0.15, 0.2) is 0 Å². The van der Waals surface area contributed by atoms with Gasteiger partial charge in [-0.2, -0.15) is 0 Å². The smallest absolute Gasteiger partial charge is 0.125 e. The Morgan fingerprint density at radius 2 is 2.11 bits per heavy atom. The highest BCUT2D eigenvalue weighted by Crippen LogP contribution is 2.30. The van der Waals surface area contributed by atoms with Crippen molar-refractivity contribution in [3.8, 4) is 0 Å². The van der Waals surface area contributed by atoms with Gasteiger partial charge in [0.25, 0.3) is 0 Å². The van der Waals surface area contributed by atoms with Gasteiger partial charge in [-0.15, -0.1) is 0 Å². The maximum atomic E-state index is 13.3. The van der Waals surface area contributed by atoms with Gasteiger partial charge >= 0.3 is 0 Å². The molecule has 0 aliphatic carbocycles. The van der Waals surface area contributed by atoms with Gasteiger partial charge in [-0.05, 0) is 37.0 Å². The zero-order valence-corrected chi connectivity index (χ0v) is 12.7. The van der Waals surface area contributed by atoms with E-state index < -0.39 is 0 Å². The standard InChI is InChI=1S/C15H24ClFN2/c1-4-11(3)9-15(5-2,10-18)19-14-8-12(17)6-7-13(14)16/h6-8,11,19H,4-5,9-10,18H2,1-3H3. The number of nitrogens with two attached hydrogens (primary N) is 1. The van der Waals surface area contributed by atoms with Gasteiger partial charge < -0.3 is 11.1 Å². The number of rotatable bonds is 7. The highest BCUT2D eigenvalue weighted by molar-refractivity contribution is 6.33. The molecule has 0 aliphatic rings. The molecule has 2 nitrogen and oxygen atoms in total. The minimum absolute atomic E-state index is 0.229. The van der Waals surface area contributed by atoms with Crippen LogP contribution in [0.25, 0.3) is 0 Å². The van der Waals surface area contributed by atoms with E-state index >= 15 is 0 Å². The van der Waals surface area contributed by atoms with Crippen molar-refractivity contribution in [2.45, 2.75) is 45.6 Å². The molecule has 4 heteroatoms. The molecule has 0 heterocycles. The Bertz CT molecular complexity index is 405. The molecule has 0 radical (unpaired) electrons. The van der Waals surface area contributed by atoms with Crippen LogP contribution in [0.2, 0.25) is 5.02 Å².